The van der Waals surface area contributed by atoms with Crippen molar-refractivity contribution < 1.29 is 0 Å². The zero-order valence-corrected chi connectivity index (χ0v) is 7.43. The summed E-state index contributed by atoms with van der Waals surface area (Å²) in [6, 6.07) is 0. The van der Waals surface area contributed by atoms with E-state index >= 15 is 0 Å². The van der Waals surface area contributed by atoms with E-state index in [0.717, 1.165) is 12.8 Å². The van der Waals surface area contributed by atoms with Gasteiger partial charge >= 0.3 is 0 Å². The Kier molecular flexibility index (Phi) is 3.36. The molecule has 3 nitrogen and oxygen atoms in total. The van der Waals surface area contributed by atoms with Crippen LogP contribution in [-0.2, 0) is 0 Å². The number of hydrazone groups is 1. The lowest BCUT2D eigenvalue weighted by Gasteiger charge is -2.25. The summed E-state index contributed by atoms with van der Waals surface area (Å²) >= 11 is 0. The fourth-order valence-electron chi connectivity index (χ4n) is 1.40. The Morgan fingerprint density at radius 3 is 2.55 bits per heavy atom. The standard InChI is InChI=1S/C8H17N3/c1-3-11-6-4-8(5-7-11)10-9-2/h9H,3-7H2,1-2H3. The van der Waals surface area contributed by atoms with Crippen molar-refractivity contribution in [3.8, 4) is 0 Å². The van der Waals surface area contributed by atoms with Gasteiger partial charge in [-0.25, -0.2) is 0 Å². The van der Waals surface area contributed by atoms with E-state index in [4.69, 9.17) is 0 Å². The van der Waals surface area contributed by atoms with Crippen LogP contribution in [0.1, 0.15) is 19.8 Å². The number of hydrogen-bond donors (Lipinski definition) is 1. The normalized spacial score (nSPS) is 20.0. The molecule has 0 spiro atoms. The molecule has 0 bridgehead atoms. The summed E-state index contributed by atoms with van der Waals surface area (Å²) in [6.07, 6.45) is 2.27. The average molecular weight is 155 g/mol. The minimum atomic E-state index is 1.13. The van der Waals surface area contributed by atoms with Crippen LogP contribution >= 0.6 is 0 Å². The third-order valence-corrected chi connectivity index (χ3v) is 2.15. The minimum Gasteiger partial charge on any atom is -0.313 e. The highest BCUT2D eigenvalue weighted by Crippen LogP contribution is 2.05. The SMILES string of the molecule is CCN1CCC(=NNC)CC1. The average Bonchev–Trinajstić information content (AvgIpc) is 2.07. The van der Waals surface area contributed by atoms with Crippen LogP contribution in [0.15, 0.2) is 5.10 Å². The van der Waals surface area contributed by atoms with Gasteiger partial charge < -0.3 is 10.3 Å². The van der Waals surface area contributed by atoms with E-state index in [1.54, 1.807) is 0 Å². The fourth-order valence-corrected chi connectivity index (χ4v) is 1.40. The first kappa shape index (κ1) is 8.53. The molecule has 3 heteroatoms. The first-order valence-electron chi connectivity index (χ1n) is 4.31. The molecule has 0 aromatic carbocycles. The molecule has 1 fully saturated rings. The molecule has 1 rings (SSSR count). The van der Waals surface area contributed by atoms with Crippen molar-refractivity contribution in [3.05, 3.63) is 0 Å². The predicted octanol–water partition coefficient (Wildman–Crippen LogP) is 0.677. The molecule has 1 aliphatic rings. The van der Waals surface area contributed by atoms with Crippen molar-refractivity contribution in [3.63, 3.8) is 0 Å². The van der Waals surface area contributed by atoms with Gasteiger partial charge in [-0.05, 0) is 6.54 Å². The van der Waals surface area contributed by atoms with Gasteiger partial charge in [0.15, 0.2) is 0 Å². The van der Waals surface area contributed by atoms with Gasteiger partial charge in [-0.15, -0.1) is 0 Å². The Morgan fingerprint density at radius 2 is 2.09 bits per heavy atom. The first-order chi connectivity index (χ1) is 5.36. The lowest BCUT2D eigenvalue weighted by atomic mass is 10.1. The molecule has 0 aliphatic carbocycles. The maximum Gasteiger partial charge on any atom is 0.0403 e. The first-order valence-corrected chi connectivity index (χ1v) is 4.31. The summed E-state index contributed by atoms with van der Waals surface area (Å²) in [4.78, 5) is 2.45. The Balaban J connectivity index is 2.30. The zero-order valence-electron chi connectivity index (χ0n) is 7.43. The molecule has 0 saturated carbocycles. The van der Waals surface area contributed by atoms with Gasteiger partial charge in [-0.3, -0.25) is 0 Å². The summed E-state index contributed by atoms with van der Waals surface area (Å²) in [5.74, 6) is 0. The largest absolute Gasteiger partial charge is 0.313 e. The highest BCUT2D eigenvalue weighted by Gasteiger charge is 2.12. The van der Waals surface area contributed by atoms with Crippen LogP contribution in [0, 0.1) is 0 Å². The lowest BCUT2D eigenvalue weighted by Crippen LogP contribution is -2.34. The van der Waals surface area contributed by atoms with E-state index in [0.29, 0.717) is 0 Å². The number of nitrogens with one attached hydrogen (secondary N) is 1. The molecule has 0 radical (unpaired) electrons. The highest BCUT2D eigenvalue weighted by molar-refractivity contribution is 5.85. The molecular weight excluding hydrogens is 138 g/mol. The van der Waals surface area contributed by atoms with Crippen molar-refractivity contribution >= 4 is 5.71 Å². The summed E-state index contributed by atoms with van der Waals surface area (Å²) in [5, 5.41) is 4.19. The molecule has 1 N–H and O–H groups in total. The highest BCUT2D eigenvalue weighted by atomic mass is 15.3. The van der Waals surface area contributed by atoms with E-state index in [1.165, 1.54) is 25.3 Å². The molecule has 0 aromatic rings. The monoisotopic (exact) mass is 155 g/mol. The molecule has 11 heavy (non-hydrogen) atoms. The smallest absolute Gasteiger partial charge is 0.0403 e. The fraction of sp³-hybridized carbons (Fsp3) is 0.875. The third-order valence-electron chi connectivity index (χ3n) is 2.15. The molecular formula is C8H17N3. The molecule has 1 saturated heterocycles. The van der Waals surface area contributed by atoms with Crippen molar-refractivity contribution in [2.45, 2.75) is 19.8 Å². The van der Waals surface area contributed by atoms with E-state index < -0.39 is 0 Å². The number of hydrogen-bond acceptors (Lipinski definition) is 3. The lowest BCUT2D eigenvalue weighted by molar-refractivity contribution is 0.289. The third kappa shape index (κ3) is 2.50. The Hall–Kier alpha value is -0.570. The predicted molar refractivity (Wildman–Crippen MR) is 47.8 cm³/mol. The number of rotatable bonds is 2. The maximum atomic E-state index is 4.19. The topological polar surface area (TPSA) is 27.6 Å². The van der Waals surface area contributed by atoms with Gasteiger partial charge in [0, 0.05) is 38.7 Å². The van der Waals surface area contributed by atoms with E-state index in [2.05, 4.69) is 22.4 Å². The van der Waals surface area contributed by atoms with Crippen LogP contribution in [0.4, 0.5) is 0 Å². The Labute approximate surface area is 68.5 Å². The van der Waals surface area contributed by atoms with Crippen LogP contribution in [0.5, 0.6) is 0 Å². The van der Waals surface area contributed by atoms with Crippen LogP contribution in [-0.4, -0.2) is 37.3 Å². The quantitative estimate of drug-likeness (QED) is 0.594. The van der Waals surface area contributed by atoms with Gasteiger partial charge in [0.25, 0.3) is 0 Å². The summed E-state index contributed by atoms with van der Waals surface area (Å²) < 4.78 is 0. The number of piperidine rings is 1. The van der Waals surface area contributed by atoms with Crippen LogP contribution in [0.25, 0.3) is 0 Å². The summed E-state index contributed by atoms with van der Waals surface area (Å²) in [7, 11) is 1.86. The second-order valence-corrected chi connectivity index (χ2v) is 2.84. The molecule has 0 aromatic heterocycles. The maximum absolute atomic E-state index is 4.19. The Morgan fingerprint density at radius 1 is 1.45 bits per heavy atom. The van der Waals surface area contributed by atoms with Crippen molar-refractivity contribution in [1.29, 1.82) is 0 Å². The number of likely N-dealkylation sites (tertiary alicyclic amines) is 1. The Bertz CT molecular complexity index is 132. The van der Waals surface area contributed by atoms with Gasteiger partial charge in [0.1, 0.15) is 0 Å². The molecule has 0 amide bonds. The second-order valence-electron chi connectivity index (χ2n) is 2.84. The van der Waals surface area contributed by atoms with E-state index in [9.17, 15) is 0 Å². The van der Waals surface area contributed by atoms with Gasteiger partial charge in [-0.1, -0.05) is 6.92 Å². The van der Waals surface area contributed by atoms with Crippen molar-refractivity contribution in [2.75, 3.05) is 26.7 Å². The molecule has 1 heterocycles. The zero-order chi connectivity index (χ0) is 8.10. The van der Waals surface area contributed by atoms with Gasteiger partial charge in [-0.2, -0.15) is 5.10 Å². The van der Waals surface area contributed by atoms with Crippen molar-refractivity contribution in [1.82, 2.24) is 10.3 Å². The number of nitrogens with zero attached hydrogens (tertiary/aromatic N) is 2. The summed E-state index contributed by atoms with van der Waals surface area (Å²) in [5.41, 5.74) is 4.16. The van der Waals surface area contributed by atoms with Crippen LogP contribution < -0.4 is 5.43 Å². The van der Waals surface area contributed by atoms with E-state index in [-0.39, 0.29) is 0 Å². The van der Waals surface area contributed by atoms with Crippen LogP contribution in [0.3, 0.4) is 0 Å². The minimum absolute atomic E-state index is 1.13. The van der Waals surface area contributed by atoms with Gasteiger partial charge in [0.05, 0.1) is 0 Å². The van der Waals surface area contributed by atoms with Crippen molar-refractivity contribution in [2.24, 2.45) is 5.10 Å². The molecule has 1 aliphatic heterocycles. The molecule has 0 unspecified atom stereocenters. The molecule has 0 atom stereocenters. The van der Waals surface area contributed by atoms with E-state index in [1.807, 2.05) is 7.05 Å². The second kappa shape index (κ2) is 4.34. The van der Waals surface area contributed by atoms with Gasteiger partial charge in [0.2, 0.25) is 0 Å². The molecule has 64 valence electrons. The summed E-state index contributed by atoms with van der Waals surface area (Å²) in [6.45, 7) is 5.74. The van der Waals surface area contributed by atoms with Crippen LogP contribution in [0.2, 0.25) is 0 Å².